The van der Waals surface area contributed by atoms with Crippen molar-refractivity contribution in [1.82, 2.24) is 10.2 Å². The van der Waals surface area contributed by atoms with E-state index in [1.54, 1.807) is 4.90 Å². The van der Waals surface area contributed by atoms with Gasteiger partial charge in [-0.05, 0) is 44.2 Å². The molecule has 3 amide bonds. The summed E-state index contributed by atoms with van der Waals surface area (Å²) >= 11 is 0. The molecule has 5 nitrogen and oxygen atoms in total. The van der Waals surface area contributed by atoms with E-state index in [1.165, 1.54) is 0 Å². The van der Waals surface area contributed by atoms with Crippen molar-refractivity contribution in [2.45, 2.75) is 46.1 Å². The molecule has 0 radical (unpaired) electrons. The zero-order chi connectivity index (χ0) is 16.8. The number of amides is 3. The summed E-state index contributed by atoms with van der Waals surface area (Å²) in [6, 6.07) is 7.11. The zero-order valence-electron chi connectivity index (χ0n) is 14.3. The molecule has 2 rings (SSSR count). The van der Waals surface area contributed by atoms with Crippen molar-refractivity contribution in [3.05, 3.63) is 29.8 Å². The topological polar surface area (TPSA) is 61.4 Å². The molecule has 2 N–H and O–H groups in total. The number of nitrogens with one attached hydrogen (secondary N) is 2. The summed E-state index contributed by atoms with van der Waals surface area (Å²) in [5.41, 5.74) is 1.90. The first-order valence-corrected chi connectivity index (χ1v) is 8.39. The Morgan fingerprint density at radius 2 is 1.96 bits per heavy atom. The van der Waals surface area contributed by atoms with E-state index in [0.717, 1.165) is 30.5 Å². The first kappa shape index (κ1) is 17.3. The minimum Gasteiger partial charge on any atom is -0.354 e. The van der Waals surface area contributed by atoms with Gasteiger partial charge in [-0.15, -0.1) is 0 Å². The molecule has 1 heterocycles. The maximum Gasteiger partial charge on any atom is 0.322 e. The number of hydrogen-bond acceptors (Lipinski definition) is 2. The SMILES string of the molecule is Cc1ccc(NC(=O)N2CCC[C@@H]2C(=O)NCCC(C)C)cc1. The maximum atomic E-state index is 12.4. The van der Waals surface area contributed by atoms with Crippen molar-refractivity contribution in [3.63, 3.8) is 0 Å². The van der Waals surface area contributed by atoms with Gasteiger partial charge in [-0.1, -0.05) is 31.5 Å². The molecule has 5 heteroatoms. The second kappa shape index (κ2) is 7.99. The predicted octanol–water partition coefficient (Wildman–Crippen LogP) is 3.15. The van der Waals surface area contributed by atoms with Crippen molar-refractivity contribution in [3.8, 4) is 0 Å². The molecule has 23 heavy (non-hydrogen) atoms. The lowest BCUT2D eigenvalue weighted by Gasteiger charge is -2.24. The summed E-state index contributed by atoms with van der Waals surface area (Å²) in [6.07, 6.45) is 2.55. The van der Waals surface area contributed by atoms with Crippen LogP contribution in [0.2, 0.25) is 0 Å². The number of anilines is 1. The highest BCUT2D eigenvalue weighted by atomic mass is 16.2. The van der Waals surface area contributed by atoms with Crippen LogP contribution in [0, 0.1) is 12.8 Å². The zero-order valence-corrected chi connectivity index (χ0v) is 14.3. The molecule has 0 unspecified atom stereocenters. The normalized spacial score (nSPS) is 17.4. The summed E-state index contributed by atoms with van der Waals surface area (Å²) in [5, 5.41) is 5.83. The van der Waals surface area contributed by atoms with Crippen LogP contribution in [0.4, 0.5) is 10.5 Å². The van der Waals surface area contributed by atoms with Crippen molar-refractivity contribution >= 4 is 17.6 Å². The molecule has 1 aliphatic rings. The number of rotatable bonds is 5. The average Bonchev–Trinajstić information content (AvgIpc) is 2.99. The lowest BCUT2D eigenvalue weighted by atomic mass is 10.1. The van der Waals surface area contributed by atoms with Crippen LogP contribution in [-0.2, 0) is 4.79 Å². The fourth-order valence-electron chi connectivity index (χ4n) is 2.72. The third kappa shape index (κ3) is 4.98. The Labute approximate surface area is 138 Å². The lowest BCUT2D eigenvalue weighted by molar-refractivity contribution is -0.124. The maximum absolute atomic E-state index is 12.4. The molecule has 0 bridgehead atoms. The van der Waals surface area contributed by atoms with Gasteiger partial charge in [0.05, 0.1) is 0 Å². The summed E-state index contributed by atoms with van der Waals surface area (Å²) < 4.78 is 0. The molecule has 126 valence electrons. The highest BCUT2D eigenvalue weighted by Crippen LogP contribution is 2.19. The van der Waals surface area contributed by atoms with Gasteiger partial charge in [0.2, 0.25) is 5.91 Å². The van der Waals surface area contributed by atoms with Crippen molar-refractivity contribution in [2.24, 2.45) is 5.92 Å². The summed E-state index contributed by atoms with van der Waals surface area (Å²) in [7, 11) is 0. The Bertz CT molecular complexity index is 540. The van der Waals surface area contributed by atoms with Gasteiger partial charge >= 0.3 is 6.03 Å². The fraction of sp³-hybridized carbons (Fsp3) is 0.556. The van der Waals surface area contributed by atoms with E-state index in [9.17, 15) is 9.59 Å². The van der Waals surface area contributed by atoms with Gasteiger partial charge in [0, 0.05) is 18.8 Å². The smallest absolute Gasteiger partial charge is 0.322 e. The average molecular weight is 317 g/mol. The Hall–Kier alpha value is -2.04. The Morgan fingerprint density at radius 1 is 1.26 bits per heavy atom. The van der Waals surface area contributed by atoms with Crippen LogP contribution in [-0.4, -0.2) is 36.0 Å². The Morgan fingerprint density at radius 3 is 2.61 bits per heavy atom. The van der Waals surface area contributed by atoms with Crippen LogP contribution in [0.5, 0.6) is 0 Å². The van der Waals surface area contributed by atoms with E-state index in [4.69, 9.17) is 0 Å². The number of aryl methyl sites for hydroxylation is 1. The summed E-state index contributed by atoms with van der Waals surface area (Å²) in [4.78, 5) is 26.4. The minimum absolute atomic E-state index is 0.0396. The van der Waals surface area contributed by atoms with Gasteiger partial charge in [0.15, 0.2) is 0 Å². The number of carbonyl (C=O) groups is 2. The van der Waals surface area contributed by atoms with E-state index in [-0.39, 0.29) is 18.0 Å². The van der Waals surface area contributed by atoms with Crippen molar-refractivity contribution in [1.29, 1.82) is 0 Å². The van der Waals surface area contributed by atoms with Crippen LogP contribution in [0.1, 0.15) is 38.7 Å². The molecule has 0 aromatic heterocycles. The van der Waals surface area contributed by atoms with Gasteiger partial charge in [0.1, 0.15) is 6.04 Å². The van der Waals surface area contributed by atoms with Gasteiger partial charge in [-0.2, -0.15) is 0 Å². The number of carbonyl (C=O) groups excluding carboxylic acids is 2. The van der Waals surface area contributed by atoms with Crippen LogP contribution in [0.3, 0.4) is 0 Å². The summed E-state index contributed by atoms with van der Waals surface area (Å²) in [5.74, 6) is 0.516. The third-order valence-corrected chi connectivity index (χ3v) is 4.14. The lowest BCUT2D eigenvalue weighted by Crippen LogP contribution is -2.47. The van der Waals surface area contributed by atoms with Crippen LogP contribution in [0.15, 0.2) is 24.3 Å². The van der Waals surface area contributed by atoms with E-state index in [0.29, 0.717) is 19.0 Å². The largest absolute Gasteiger partial charge is 0.354 e. The molecule has 0 spiro atoms. The molecule has 1 aromatic carbocycles. The first-order chi connectivity index (χ1) is 11.0. The van der Waals surface area contributed by atoms with Crippen molar-refractivity contribution in [2.75, 3.05) is 18.4 Å². The van der Waals surface area contributed by atoms with Crippen LogP contribution >= 0.6 is 0 Å². The number of hydrogen-bond donors (Lipinski definition) is 2. The van der Waals surface area contributed by atoms with E-state index < -0.39 is 0 Å². The van der Waals surface area contributed by atoms with Gasteiger partial charge < -0.3 is 15.5 Å². The Balaban J connectivity index is 1.90. The van der Waals surface area contributed by atoms with Gasteiger partial charge in [-0.25, -0.2) is 4.79 Å². The molecule has 0 aliphatic carbocycles. The molecule has 1 fully saturated rings. The van der Waals surface area contributed by atoms with Gasteiger partial charge in [-0.3, -0.25) is 4.79 Å². The quantitative estimate of drug-likeness (QED) is 0.876. The summed E-state index contributed by atoms with van der Waals surface area (Å²) in [6.45, 7) is 7.55. The highest BCUT2D eigenvalue weighted by Gasteiger charge is 2.33. The minimum atomic E-state index is -0.354. The number of likely N-dealkylation sites (tertiary alicyclic amines) is 1. The van der Waals surface area contributed by atoms with E-state index in [1.807, 2.05) is 31.2 Å². The van der Waals surface area contributed by atoms with Gasteiger partial charge in [0.25, 0.3) is 0 Å². The first-order valence-electron chi connectivity index (χ1n) is 8.39. The standard InChI is InChI=1S/C18H27N3O2/c1-13(2)10-11-19-17(22)16-5-4-12-21(16)18(23)20-15-8-6-14(3)7-9-15/h6-9,13,16H,4-5,10-12H2,1-3H3,(H,19,22)(H,20,23)/t16-/m1/s1. The highest BCUT2D eigenvalue weighted by molar-refractivity contribution is 5.94. The number of urea groups is 1. The second-order valence-corrected chi connectivity index (χ2v) is 6.62. The van der Waals surface area contributed by atoms with Crippen molar-refractivity contribution < 1.29 is 9.59 Å². The predicted molar refractivity (Wildman–Crippen MR) is 92.4 cm³/mol. The molecular formula is C18H27N3O2. The monoisotopic (exact) mass is 317 g/mol. The number of benzene rings is 1. The van der Waals surface area contributed by atoms with E-state index in [2.05, 4.69) is 24.5 Å². The Kier molecular flexibility index (Phi) is 6.02. The molecule has 1 saturated heterocycles. The van der Waals surface area contributed by atoms with Crippen LogP contribution in [0.25, 0.3) is 0 Å². The van der Waals surface area contributed by atoms with Crippen LogP contribution < -0.4 is 10.6 Å². The second-order valence-electron chi connectivity index (χ2n) is 6.62. The molecule has 0 saturated carbocycles. The van der Waals surface area contributed by atoms with E-state index >= 15 is 0 Å². The molecular weight excluding hydrogens is 290 g/mol. The fourth-order valence-corrected chi connectivity index (χ4v) is 2.72. The third-order valence-electron chi connectivity index (χ3n) is 4.14. The molecule has 1 aromatic rings. The number of nitrogens with zero attached hydrogens (tertiary/aromatic N) is 1. The molecule has 1 aliphatic heterocycles. The molecule has 1 atom stereocenters.